The third kappa shape index (κ3) is 9.53. The van der Waals surface area contributed by atoms with Crippen LogP contribution in [-0.2, 0) is 14.8 Å². The topological polar surface area (TPSA) is 173 Å². The highest BCUT2D eigenvalue weighted by Crippen LogP contribution is 2.29. The van der Waals surface area contributed by atoms with Gasteiger partial charge >= 0.3 is 6.03 Å². The summed E-state index contributed by atoms with van der Waals surface area (Å²) in [5.41, 5.74) is 1.38. The molecule has 1 aliphatic heterocycles. The molecule has 3 amide bonds. The maximum Gasteiger partial charge on any atom is 0.323 e. The Kier molecular flexibility index (Phi) is 13.3. The number of aromatic nitrogens is 1. The first-order valence-corrected chi connectivity index (χ1v) is 18.1. The van der Waals surface area contributed by atoms with Gasteiger partial charge in [0.05, 0.1) is 37.5 Å². The maximum atomic E-state index is 14.4. The van der Waals surface area contributed by atoms with E-state index in [9.17, 15) is 23.1 Å². The monoisotopic (exact) mass is 715 g/mol. The van der Waals surface area contributed by atoms with Gasteiger partial charge in [-0.15, -0.1) is 0 Å². The Hall–Kier alpha value is -4.18. The lowest BCUT2D eigenvalue weighted by atomic mass is 10.0. The Bertz CT molecular complexity index is 1690. The van der Waals surface area contributed by atoms with Gasteiger partial charge in [-0.3, -0.25) is 4.79 Å². The number of fused-ring (bicyclic) bond motifs is 1. The van der Waals surface area contributed by atoms with Crippen LogP contribution in [0.3, 0.4) is 0 Å². The normalized spacial score (nSPS) is 20.0. The zero-order valence-electron chi connectivity index (χ0n) is 29.8. The fourth-order valence-electron chi connectivity index (χ4n) is 5.78. The maximum absolute atomic E-state index is 14.4. The van der Waals surface area contributed by atoms with Gasteiger partial charge < -0.3 is 39.4 Å². The molecule has 3 aromatic rings. The predicted octanol–water partition coefficient (Wildman–Crippen LogP) is 5.06. The van der Waals surface area contributed by atoms with E-state index in [0.717, 1.165) is 6.42 Å². The number of anilines is 2. The average molecular weight is 716 g/mol. The molecule has 0 aliphatic carbocycles. The molecule has 0 radical (unpaired) electrons. The van der Waals surface area contributed by atoms with Crippen molar-refractivity contribution in [3.63, 3.8) is 0 Å². The van der Waals surface area contributed by atoms with Crippen LogP contribution in [0.4, 0.5) is 16.2 Å². The summed E-state index contributed by atoms with van der Waals surface area (Å²) in [5.74, 6) is 0.412. The second-order valence-corrected chi connectivity index (χ2v) is 14.7. The fourth-order valence-corrected chi connectivity index (χ4v) is 7.25. The lowest BCUT2D eigenvalue weighted by Gasteiger charge is -2.35. The quantitative estimate of drug-likeness (QED) is 0.272. The van der Waals surface area contributed by atoms with Crippen molar-refractivity contribution in [2.24, 2.45) is 5.92 Å². The minimum absolute atomic E-state index is 0.0105. The van der Waals surface area contributed by atoms with Crippen molar-refractivity contribution >= 4 is 33.3 Å². The summed E-state index contributed by atoms with van der Waals surface area (Å²) < 4.78 is 51.3. The van der Waals surface area contributed by atoms with Crippen LogP contribution in [0.1, 0.15) is 61.8 Å². The average Bonchev–Trinajstić information content (AvgIpc) is 3.44. The van der Waals surface area contributed by atoms with Gasteiger partial charge in [0.15, 0.2) is 5.76 Å². The molecular weight excluding hydrogens is 666 g/mol. The lowest BCUT2D eigenvalue weighted by Crippen LogP contribution is -2.48. The summed E-state index contributed by atoms with van der Waals surface area (Å²) in [7, 11) is -0.917. The van der Waals surface area contributed by atoms with Crippen molar-refractivity contribution in [2.45, 2.75) is 77.0 Å². The number of nitrogens with one attached hydrogen (secondary N) is 2. The van der Waals surface area contributed by atoms with E-state index in [0.29, 0.717) is 42.3 Å². The minimum Gasteiger partial charge on any atom is -0.497 e. The molecule has 50 heavy (non-hydrogen) atoms. The number of hydrogen-bond acceptors (Lipinski definition) is 10. The first-order chi connectivity index (χ1) is 23.7. The molecule has 0 saturated heterocycles. The van der Waals surface area contributed by atoms with Crippen LogP contribution in [0.25, 0.3) is 0 Å². The van der Waals surface area contributed by atoms with E-state index in [1.165, 1.54) is 16.3 Å². The van der Waals surface area contributed by atoms with Crippen LogP contribution >= 0.6 is 0 Å². The number of benzene rings is 2. The number of amides is 3. The van der Waals surface area contributed by atoms with Crippen molar-refractivity contribution < 1.29 is 41.8 Å². The summed E-state index contributed by atoms with van der Waals surface area (Å²) in [6.07, 6.45) is 1.33. The number of methoxy groups -OCH3 is 1. The fraction of sp³-hybridized carbons (Fsp3) is 0.514. The van der Waals surface area contributed by atoms with E-state index in [2.05, 4.69) is 15.8 Å². The molecule has 0 fully saturated rings. The number of aliphatic hydroxyl groups is 1. The number of carbonyl (C=O) groups excluding carboxylic acids is 2. The van der Waals surface area contributed by atoms with Gasteiger partial charge in [0, 0.05) is 44.0 Å². The second kappa shape index (κ2) is 17.2. The van der Waals surface area contributed by atoms with Crippen molar-refractivity contribution in [2.75, 3.05) is 51.1 Å². The standard InChI is InChI=1S/C35H49N5O9S/c1-22-19-40(23(2)21-41)34(42)30-18-28(37-35(43)36-27-11-14-29(46-7)15-12-27)13-16-31(30)48-24(3)10-8-9-17-47-32(22)20-39(6)50(44,45)33-25(4)38-49-26(33)5/h11-16,18,22-24,32,41H,8-10,17,19-21H2,1-7H3,(H2,36,37,43)/t22-,23+,24-,32-/m0/s1. The van der Waals surface area contributed by atoms with E-state index in [1.807, 2.05) is 13.8 Å². The van der Waals surface area contributed by atoms with Gasteiger partial charge in [0.2, 0.25) is 10.0 Å². The molecule has 4 rings (SSSR count). The lowest BCUT2D eigenvalue weighted by molar-refractivity contribution is -0.00835. The van der Waals surface area contributed by atoms with Gasteiger partial charge in [-0.2, -0.15) is 4.31 Å². The third-order valence-electron chi connectivity index (χ3n) is 8.73. The molecule has 1 aliphatic rings. The first-order valence-electron chi connectivity index (χ1n) is 16.7. The summed E-state index contributed by atoms with van der Waals surface area (Å²) >= 11 is 0. The Morgan fingerprint density at radius 1 is 1.12 bits per heavy atom. The van der Waals surface area contributed by atoms with E-state index in [4.69, 9.17) is 18.7 Å². The Labute approximate surface area is 294 Å². The zero-order chi connectivity index (χ0) is 36.6. The number of nitrogens with zero attached hydrogens (tertiary/aromatic N) is 3. The van der Waals surface area contributed by atoms with Crippen LogP contribution in [0.15, 0.2) is 51.9 Å². The third-order valence-corrected chi connectivity index (χ3v) is 10.8. The summed E-state index contributed by atoms with van der Waals surface area (Å²) in [6, 6.07) is 10.6. The molecule has 274 valence electrons. The summed E-state index contributed by atoms with van der Waals surface area (Å²) in [6.45, 7) is 8.87. The van der Waals surface area contributed by atoms with E-state index < -0.39 is 34.1 Å². The molecule has 0 unspecified atom stereocenters. The molecule has 1 aromatic heterocycles. The van der Waals surface area contributed by atoms with E-state index in [1.54, 1.807) is 70.3 Å². The van der Waals surface area contributed by atoms with Crippen LogP contribution in [0.5, 0.6) is 11.5 Å². The minimum atomic E-state index is -3.96. The van der Waals surface area contributed by atoms with Crippen LogP contribution in [0, 0.1) is 19.8 Å². The van der Waals surface area contributed by atoms with Crippen molar-refractivity contribution in [3.8, 4) is 11.5 Å². The molecule has 15 heteroatoms. The van der Waals surface area contributed by atoms with Gasteiger partial charge in [0.1, 0.15) is 22.1 Å². The van der Waals surface area contributed by atoms with E-state index >= 15 is 0 Å². The van der Waals surface area contributed by atoms with Gasteiger partial charge in [-0.05, 0) is 89.4 Å². The second-order valence-electron chi connectivity index (χ2n) is 12.8. The largest absolute Gasteiger partial charge is 0.497 e. The molecule has 14 nitrogen and oxygen atoms in total. The first kappa shape index (κ1) is 38.6. The van der Waals surface area contributed by atoms with Crippen molar-refractivity contribution in [1.29, 1.82) is 0 Å². The molecule has 2 aromatic carbocycles. The van der Waals surface area contributed by atoms with Crippen molar-refractivity contribution in [3.05, 3.63) is 59.5 Å². The highest BCUT2D eigenvalue weighted by Gasteiger charge is 2.34. The molecule has 0 saturated carbocycles. The Morgan fingerprint density at radius 2 is 1.80 bits per heavy atom. The predicted molar refractivity (Wildman–Crippen MR) is 188 cm³/mol. The number of rotatable bonds is 9. The number of sulfonamides is 1. The number of hydrogen-bond donors (Lipinski definition) is 3. The highest BCUT2D eigenvalue weighted by atomic mass is 32.2. The zero-order valence-corrected chi connectivity index (χ0v) is 30.6. The summed E-state index contributed by atoms with van der Waals surface area (Å²) in [4.78, 5) is 28.9. The Balaban J connectivity index is 1.62. The number of aryl methyl sites for hydroxylation is 2. The van der Waals surface area contributed by atoms with Crippen LogP contribution in [-0.4, -0.2) is 98.5 Å². The number of aliphatic hydroxyl groups excluding tert-OH is 1. The molecule has 3 N–H and O–H groups in total. The number of carbonyl (C=O) groups is 2. The Morgan fingerprint density at radius 3 is 2.44 bits per heavy atom. The number of likely N-dealkylation sites (N-methyl/N-ethyl adjacent to an activating group) is 1. The number of ether oxygens (including phenoxy) is 3. The van der Waals surface area contributed by atoms with Gasteiger partial charge in [0.25, 0.3) is 5.91 Å². The molecular formula is C35H49N5O9S. The van der Waals surface area contributed by atoms with Crippen LogP contribution in [0.2, 0.25) is 0 Å². The van der Waals surface area contributed by atoms with Crippen LogP contribution < -0.4 is 20.1 Å². The molecule has 4 atom stereocenters. The number of urea groups is 1. The van der Waals surface area contributed by atoms with Gasteiger partial charge in [-0.25, -0.2) is 13.2 Å². The molecule has 2 heterocycles. The SMILES string of the molecule is COc1ccc(NC(=O)Nc2ccc3c(c2)C(=O)N([C@H](C)CO)C[C@H](C)[C@H](CN(C)S(=O)(=O)c2c(C)noc2C)OCCCC[C@H](C)O3)cc1. The highest BCUT2D eigenvalue weighted by molar-refractivity contribution is 7.89. The summed E-state index contributed by atoms with van der Waals surface area (Å²) in [5, 5.41) is 19.6. The van der Waals surface area contributed by atoms with Gasteiger partial charge in [-0.1, -0.05) is 12.1 Å². The molecule has 0 spiro atoms. The van der Waals surface area contributed by atoms with E-state index in [-0.39, 0.29) is 53.6 Å². The van der Waals surface area contributed by atoms with Crippen molar-refractivity contribution in [1.82, 2.24) is 14.4 Å². The smallest absolute Gasteiger partial charge is 0.323 e. The molecule has 0 bridgehead atoms.